The van der Waals surface area contributed by atoms with Crippen LogP contribution in [-0.2, 0) is 9.59 Å². The highest BCUT2D eigenvalue weighted by Gasteiger charge is 2.38. The minimum Gasteiger partial charge on any atom is -0.355 e. The molecule has 6 nitrogen and oxygen atoms in total. The van der Waals surface area contributed by atoms with Gasteiger partial charge in [0.25, 0.3) is 0 Å². The molecule has 29 heavy (non-hydrogen) atoms. The fraction of sp³-hybridized carbons (Fsp3) is 0.286. The van der Waals surface area contributed by atoms with Crippen molar-refractivity contribution in [1.82, 2.24) is 15.3 Å². The summed E-state index contributed by atoms with van der Waals surface area (Å²) in [6.07, 6.45) is 1.07. The molecule has 0 spiro atoms. The lowest BCUT2D eigenvalue weighted by molar-refractivity contribution is -0.122. The van der Waals surface area contributed by atoms with Crippen LogP contribution in [0.1, 0.15) is 19.8 Å². The fourth-order valence-corrected chi connectivity index (χ4v) is 3.24. The molecular formula is C21H20F2N4O2. The summed E-state index contributed by atoms with van der Waals surface area (Å²) < 4.78 is 27.4. The number of nitrogens with one attached hydrogen (secondary N) is 3. The Morgan fingerprint density at radius 1 is 1.21 bits per heavy atom. The molecule has 1 aromatic heterocycles. The van der Waals surface area contributed by atoms with Gasteiger partial charge in [0.05, 0.1) is 16.6 Å². The van der Waals surface area contributed by atoms with Crippen LogP contribution in [0.2, 0.25) is 0 Å². The number of hydrogen-bond donors (Lipinski definition) is 3. The molecule has 8 heteroatoms. The first kappa shape index (κ1) is 19.0. The maximum atomic E-state index is 14.0. The van der Waals surface area contributed by atoms with Gasteiger partial charge >= 0.3 is 0 Å². The van der Waals surface area contributed by atoms with Crippen LogP contribution in [-0.4, -0.2) is 28.3 Å². The quantitative estimate of drug-likeness (QED) is 0.593. The Hall–Kier alpha value is -3.29. The number of carbonyl (C=O) groups excluding carboxylic acids is 2. The van der Waals surface area contributed by atoms with Gasteiger partial charge in [-0.25, -0.2) is 13.8 Å². The molecule has 2 atom stereocenters. The van der Waals surface area contributed by atoms with Crippen LogP contribution in [0.25, 0.3) is 22.4 Å². The maximum Gasteiger partial charge on any atom is 0.226 e. The summed E-state index contributed by atoms with van der Waals surface area (Å²) in [6.45, 7) is 2.31. The summed E-state index contributed by atoms with van der Waals surface area (Å²) >= 11 is 0. The highest BCUT2D eigenvalue weighted by Crippen LogP contribution is 2.37. The van der Waals surface area contributed by atoms with Gasteiger partial charge in [-0.05, 0) is 48.7 Å². The van der Waals surface area contributed by atoms with E-state index in [1.807, 2.05) is 6.92 Å². The van der Waals surface area contributed by atoms with E-state index in [1.165, 1.54) is 0 Å². The molecular weight excluding hydrogens is 378 g/mol. The van der Waals surface area contributed by atoms with Crippen LogP contribution in [0.15, 0.2) is 36.4 Å². The standard InChI is InChI=1S/C21H20F2N4O2/c1-11-8-14(11)21(29)24-7-6-19(28)25-13-3-5-17-18(10-13)27-20(26-17)15-9-12(22)2-4-16(15)23/h2-5,9-11,14H,6-8H2,1H3,(H,24,29)(H,25,28)(H,26,27). The molecule has 4 rings (SSSR count). The molecule has 1 heterocycles. The molecule has 2 amide bonds. The van der Waals surface area contributed by atoms with E-state index in [0.29, 0.717) is 22.6 Å². The van der Waals surface area contributed by atoms with Crippen LogP contribution in [0.5, 0.6) is 0 Å². The number of rotatable bonds is 6. The van der Waals surface area contributed by atoms with Crippen molar-refractivity contribution in [3.05, 3.63) is 48.0 Å². The van der Waals surface area contributed by atoms with Crippen LogP contribution >= 0.6 is 0 Å². The van der Waals surface area contributed by atoms with E-state index in [-0.39, 0.29) is 42.1 Å². The van der Waals surface area contributed by atoms with Crippen molar-refractivity contribution < 1.29 is 18.4 Å². The van der Waals surface area contributed by atoms with Crippen LogP contribution < -0.4 is 10.6 Å². The molecule has 2 aromatic carbocycles. The van der Waals surface area contributed by atoms with Crippen molar-refractivity contribution in [2.75, 3.05) is 11.9 Å². The van der Waals surface area contributed by atoms with Gasteiger partial charge in [-0.1, -0.05) is 6.92 Å². The number of nitrogens with zero attached hydrogens (tertiary/aromatic N) is 1. The molecule has 1 saturated carbocycles. The average molecular weight is 398 g/mol. The zero-order valence-corrected chi connectivity index (χ0v) is 15.8. The second kappa shape index (κ2) is 7.62. The Bertz CT molecular complexity index is 1100. The molecule has 150 valence electrons. The number of anilines is 1. The molecule has 0 aliphatic heterocycles. The van der Waals surface area contributed by atoms with Gasteiger partial charge in [0.1, 0.15) is 17.5 Å². The van der Waals surface area contributed by atoms with Gasteiger partial charge in [-0.2, -0.15) is 0 Å². The van der Waals surface area contributed by atoms with Gasteiger partial charge in [-0.3, -0.25) is 9.59 Å². The normalized spacial score (nSPS) is 17.9. The van der Waals surface area contributed by atoms with E-state index < -0.39 is 11.6 Å². The number of aromatic amines is 1. The molecule has 0 bridgehead atoms. The van der Waals surface area contributed by atoms with E-state index in [4.69, 9.17) is 0 Å². The van der Waals surface area contributed by atoms with Crippen LogP contribution in [0.3, 0.4) is 0 Å². The van der Waals surface area contributed by atoms with Crippen LogP contribution in [0, 0.1) is 23.5 Å². The molecule has 0 radical (unpaired) electrons. The number of aromatic nitrogens is 2. The minimum atomic E-state index is -0.582. The third kappa shape index (κ3) is 4.26. The number of H-pyrrole nitrogens is 1. The second-order valence-corrected chi connectivity index (χ2v) is 7.35. The lowest BCUT2D eigenvalue weighted by Gasteiger charge is -2.06. The molecule has 2 unspecified atom stereocenters. The molecule has 3 aromatic rings. The van der Waals surface area contributed by atoms with Gasteiger partial charge in [0, 0.05) is 24.6 Å². The Balaban J connectivity index is 1.40. The van der Waals surface area contributed by atoms with E-state index in [2.05, 4.69) is 20.6 Å². The topological polar surface area (TPSA) is 86.9 Å². The van der Waals surface area contributed by atoms with E-state index in [0.717, 1.165) is 24.6 Å². The largest absolute Gasteiger partial charge is 0.355 e. The Morgan fingerprint density at radius 3 is 2.76 bits per heavy atom. The first-order valence-corrected chi connectivity index (χ1v) is 9.43. The van der Waals surface area contributed by atoms with Gasteiger partial charge in [0.15, 0.2) is 0 Å². The molecule has 1 aliphatic rings. The molecule has 1 aliphatic carbocycles. The predicted molar refractivity (Wildman–Crippen MR) is 105 cm³/mol. The van der Waals surface area contributed by atoms with E-state index >= 15 is 0 Å². The summed E-state index contributed by atoms with van der Waals surface area (Å²) in [5.74, 6) is -0.656. The Labute approximate surface area is 165 Å². The fourth-order valence-electron chi connectivity index (χ4n) is 3.24. The van der Waals surface area contributed by atoms with E-state index in [1.54, 1.807) is 18.2 Å². The zero-order chi connectivity index (χ0) is 20.5. The molecule has 1 fully saturated rings. The van der Waals surface area contributed by atoms with Crippen molar-refractivity contribution in [2.45, 2.75) is 19.8 Å². The number of hydrogen-bond acceptors (Lipinski definition) is 3. The number of halogens is 2. The summed E-state index contributed by atoms with van der Waals surface area (Å²) in [5.41, 5.74) is 1.72. The zero-order valence-electron chi connectivity index (χ0n) is 15.8. The van der Waals surface area contributed by atoms with Crippen LogP contribution in [0.4, 0.5) is 14.5 Å². The minimum absolute atomic E-state index is 0.00119. The lowest BCUT2D eigenvalue weighted by atomic mass is 10.2. The third-order valence-electron chi connectivity index (χ3n) is 5.05. The molecule has 0 saturated heterocycles. The summed E-state index contributed by atoms with van der Waals surface area (Å²) in [4.78, 5) is 31.1. The highest BCUT2D eigenvalue weighted by atomic mass is 19.1. The number of fused-ring (bicyclic) bond motifs is 1. The Morgan fingerprint density at radius 2 is 2.00 bits per heavy atom. The SMILES string of the molecule is CC1CC1C(=O)NCCC(=O)Nc1ccc2nc(-c3cc(F)ccc3F)[nH]c2c1. The lowest BCUT2D eigenvalue weighted by Crippen LogP contribution is -2.29. The summed E-state index contributed by atoms with van der Waals surface area (Å²) in [5, 5.41) is 5.53. The third-order valence-corrected chi connectivity index (χ3v) is 5.05. The number of amides is 2. The average Bonchev–Trinajstić information content (AvgIpc) is 3.27. The maximum absolute atomic E-state index is 14.0. The summed E-state index contributed by atoms with van der Waals surface area (Å²) in [7, 11) is 0. The summed E-state index contributed by atoms with van der Waals surface area (Å²) in [6, 6.07) is 8.20. The van der Waals surface area contributed by atoms with Gasteiger partial charge in [0.2, 0.25) is 11.8 Å². The van der Waals surface area contributed by atoms with Gasteiger partial charge in [-0.15, -0.1) is 0 Å². The first-order chi connectivity index (χ1) is 13.9. The Kier molecular flexibility index (Phi) is 5.00. The number of carbonyl (C=O) groups is 2. The number of imidazole rings is 1. The number of benzene rings is 2. The van der Waals surface area contributed by atoms with Crippen molar-refractivity contribution in [3.8, 4) is 11.4 Å². The van der Waals surface area contributed by atoms with E-state index in [9.17, 15) is 18.4 Å². The molecule has 3 N–H and O–H groups in total. The van der Waals surface area contributed by atoms with Crippen molar-refractivity contribution in [1.29, 1.82) is 0 Å². The van der Waals surface area contributed by atoms with Crippen molar-refractivity contribution >= 4 is 28.5 Å². The first-order valence-electron chi connectivity index (χ1n) is 9.43. The van der Waals surface area contributed by atoms with Crippen molar-refractivity contribution in [2.24, 2.45) is 11.8 Å². The predicted octanol–water partition coefficient (Wildman–Crippen LogP) is 3.61. The monoisotopic (exact) mass is 398 g/mol. The van der Waals surface area contributed by atoms with Crippen molar-refractivity contribution in [3.63, 3.8) is 0 Å². The second-order valence-electron chi connectivity index (χ2n) is 7.35. The highest BCUT2D eigenvalue weighted by molar-refractivity contribution is 5.94. The smallest absolute Gasteiger partial charge is 0.226 e. The van der Waals surface area contributed by atoms with Gasteiger partial charge < -0.3 is 15.6 Å².